The molecule has 0 aliphatic carbocycles. The van der Waals surface area contributed by atoms with Crippen molar-refractivity contribution in [3.8, 4) is 0 Å². The van der Waals surface area contributed by atoms with E-state index >= 15 is 0 Å². The smallest absolute Gasteiger partial charge is 0.365 e. The second-order valence-electron chi connectivity index (χ2n) is 6.82. The van der Waals surface area contributed by atoms with Gasteiger partial charge in [0.05, 0.1) is 12.6 Å². The number of carbonyl (C=O) groups is 2. The van der Waals surface area contributed by atoms with Crippen LogP contribution < -0.4 is 16.8 Å². The highest BCUT2D eigenvalue weighted by Crippen LogP contribution is 2.38. The van der Waals surface area contributed by atoms with Crippen LogP contribution in [0, 0.1) is 5.92 Å². The van der Waals surface area contributed by atoms with Gasteiger partial charge in [-0.1, -0.05) is 0 Å². The van der Waals surface area contributed by atoms with Crippen molar-refractivity contribution in [3.05, 3.63) is 0 Å². The fourth-order valence-corrected chi connectivity index (χ4v) is 4.15. The number of nitrogens with one attached hydrogen (secondary N) is 1. The molecule has 3 amide bonds. The second-order valence-corrected chi connectivity index (χ2v) is 7.82. The molecule has 3 saturated heterocycles. The number of nitrogens with zero attached hydrogens (tertiary/aromatic N) is 2. The third kappa shape index (κ3) is 3.50. The quantitative estimate of drug-likeness (QED) is 0.348. The van der Waals surface area contributed by atoms with E-state index in [0.29, 0.717) is 17.5 Å². The zero-order chi connectivity index (χ0) is 19.1. The van der Waals surface area contributed by atoms with Crippen molar-refractivity contribution in [1.29, 1.82) is 0 Å². The summed E-state index contributed by atoms with van der Waals surface area (Å²) in [7, 11) is -4.87. The van der Waals surface area contributed by atoms with Crippen molar-refractivity contribution in [1.82, 2.24) is 15.3 Å². The van der Waals surface area contributed by atoms with Gasteiger partial charge in [0.25, 0.3) is 5.91 Å². The average molecular weight is 393 g/mol. The predicted octanol–water partition coefficient (Wildman–Crippen LogP) is -2.24. The first-order valence-electron chi connectivity index (χ1n) is 8.31. The van der Waals surface area contributed by atoms with E-state index in [-0.39, 0.29) is 32.0 Å². The summed E-state index contributed by atoms with van der Waals surface area (Å²) in [6.07, 6.45) is 1.10. The van der Waals surface area contributed by atoms with Crippen molar-refractivity contribution < 1.29 is 31.6 Å². The molecule has 0 aromatic carbocycles. The largest absolute Gasteiger partial charge is 0.418 e. The van der Waals surface area contributed by atoms with Gasteiger partial charge in [-0.2, -0.15) is 13.5 Å². The Labute approximate surface area is 150 Å². The number of hydrogen-bond donors (Lipinski definition) is 4. The molecule has 4 atom stereocenters. The van der Waals surface area contributed by atoms with Crippen molar-refractivity contribution in [2.45, 2.75) is 37.1 Å². The number of primary amides is 1. The molecule has 26 heavy (non-hydrogen) atoms. The molecule has 0 spiro atoms. The van der Waals surface area contributed by atoms with Crippen molar-refractivity contribution in [2.75, 3.05) is 26.2 Å². The van der Waals surface area contributed by atoms with Gasteiger partial charge in [-0.05, 0) is 31.8 Å². The summed E-state index contributed by atoms with van der Waals surface area (Å²) >= 11 is 0. The molecule has 2 bridgehead atoms. The van der Waals surface area contributed by atoms with Gasteiger partial charge in [-0.15, -0.1) is 4.28 Å². The minimum Gasteiger partial charge on any atom is -0.365 e. The van der Waals surface area contributed by atoms with E-state index in [1.54, 1.807) is 0 Å². The Bertz CT molecular complexity index is 688. The number of piperidine rings is 1. The second kappa shape index (κ2) is 6.90. The van der Waals surface area contributed by atoms with Crippen molar-refractivity contribution in [3.63, 3.8) is 0 Å². The van der Waals surface area contributed by atoms with Gasteiger partial charge >= 0.3 is 16.4 Å². The Morgan fingerprint density at radius 1 is 1.46 bits per heavy atom. The van der Waals surface area contributed by atoms with Crippen LogP contribution >= 0.6 is 0 Å². The molecule has 13 heteroatoms. The van der Waals surface area contributed by atoms with Gasteiger partial charge in [-0.25, -0.2) is 4.79 Å². The highest BCUT2D eigenvalue weighted by Gasteiger charge is 2.58. The van der Waals surface area contributed by atoms with Crippen LogP contribution in [-0.4, -0.2) is 78.9 Å². The van der Waals surface area contributed by atoms with Gasteiger partial charge in [0.1, 0.15) is 0 Å². The van der Waals surface area contributed by atoms with Gasteiger partial charge in [0, 0.05) is 19.0 Å². The Kier molecular flexibility index (Phi) is 5.11. The average Bonchev–Trinajstić information content (AvgIpc) is 3.12. The number of ether oxygens (including phenoxy) is 1. The molecular weight excluding hydrogens is 370 g/mol. The minimum absolute atomic E-state index is 0.000807. The number of fused-ring (bicyclic) bond motifs is 2. The first-order valence-corrected chi connectivity index (χ1v) is 9.68. The first kappa shape index (κ1) is 19.3. The summed E-state index contributed by atoms with van der Waals surface area (Å²) in [5.41, 5.74) is 9.49. The van der Waals surface area contributed by atoms with Crippen LogP contribution in [0.3, 0.4) is 0 Å². The standard InChI is InChI=1S/C13H23N5O7S/c14-4-8-3-9(16-5-8)7-24-13(11(15)19)2-1-10-6-17(13)12(20)18(10)25-26(21,22)23/h8-10,16H,1-7,14H2,(H2,15,19)(H,21,22,23)/t8-,9+,10?,13?/m0/s1. The predicted molar refractivity (Wildman–Crippen MR) is 86.4 cm³/mol. The topological polar surface area (TPSA) is 178 Å². The van der Waals surface area contributed by atoms with Crippen LogP contribution in [0.25, 0.3) is 0 Å². The highest BCUT2D eigenvalue weighted by molar-refractivity contribution is 7.80. The zero-order valence-corrected chi connectivity index (χ0v) is 14.9. The number of amides is 3. The Balaban J connectivity index is 1.74. The Morgan fingerprint density at radius 3 is 2.77 bits per heavy atom. The lowest BCUT2D eigenvalue weighted by Gasteiger charge is -2.40. The van der Waals surface area contributed by atoms with Crippen LogP contribution in [0.2, 0.25) is 0 Å². The monoisotopic (exact) mass is 393 g/mol. The third-order valence-corrected chi connectivity index (χ3v) is 5.48. The van der Waals surface area contributed by atoms with Gasteiger partial charge in [0.15, 0.2) is 0 Å². The molecule has 0 aromatic rings. The Morgan fingerprint density at radius 2 is 2.19 bits per heavy atom. The van der Waals surface area contributed by atoms with Gasteiger partial charge < -0.3 is 21.5 Å². The van der Waals surface area contributed by atoms with Crippen molar-refractivity contribution in [2.24, 2.45) is 17.4 Å². The van der Waals surface area contributed by atoms with Gasteiger partial charge in [-0.3, -0.25) is 14.2 Å². The molecule has 3 fully saturated rings. The van der Waals surface area contributed by atoms with E-state index in [1.165, 1.54) is 0 Å². The van der Waals surface area contributed by atoms with E-state index in [4.69, 9.17) is 20.8 Å². The normalized spacial score (nSPS) is 34.5. The SMILES string of the molecule is NC[C@H]1CN[C@@H](COC2(C(N)=O)CCC3CN2C(=O)N3OS(=O)(=O)O)C1. The lowest BCUT2D eigenvalue weighted by Crippen LogP contribution is -2.62. The fraction of sp³-hybridized carbons (Fsp3) is 0.846. The van der Waals surface area contributed by atoms with Gasteiger partial charge in [0.2, 0.25) is 5.72 Å². The molecule has 3 rings (SSSR count). The first-order chi connectivity index (χ1) is 12.2. The maximum atomic E-state index is 12.5. The number of carbonyl (C=O) groups excluding carboxylic acids is 2. The number of hydrogen-bond acceptors (Lipinski definition) is 8. The van der Waals surface area contributed by atoms with E-state index in [1.807, 2.05) is 0 Å². The van der Waals surface area contributed by atoms with Crippen LogP contribution in [0.15, 0.2) is 0 Å². The molecule has 148 valence electrons. The van der Waals surface area contributed by atoms with Crippen LogP contribution in [0.5, 0.6) is 0 Å². The molecule has 0 radical (unpaired) electrons. The van der Waals surface area contributed by atoms with E-state index < -0.39 is 34.1 Å². The molecule has 3 aliphatic heterocycles. The lowest BCUT2D eigenvalue weighted by atomic mass is 9.96. The molecule has 6 N–H and O–H groups in total. The molecule has 0 saturated carbocycles. The molecular formula is C13H23N5O7S. The summed E-state index contributed by atoms with van der Waals surface area (Å²) in [6, 6.07) is -1.56. The summed E-state index contributed by atoms with van der Waals surface area (Å²) < 4.78 is 40.9. The molecule has 0 aromatic heterocycles. The summed E-state index contributed by atoms with van der Waals surface area (Å²) in [6.45, 7) is 1.43. The summed E-state index contributed by atoms with van der Waals surface area (Å²) in [4.78, 5) is 25.7. The molecule has 3 heterocycles. The molecule has 12 nitrogen and oxygen atoms in total. The minimum atomic E-state index is -4.87. The number of rotatable bonds is 7. The number of nitrogens with two attached hydrogens (primary N) is 2. The summed E-state index contributed by atoms with van der Waals surface area (Å²) in [5.74, 6) is -0.526. The zero-order valence-electron chi connectivity index (χ0n) is 14.0. The highest BCUT2D eigenvalue weighted by atomic mass is 32.3. The van der Waals surface area contributed by atoms with E-state index in [9.17, 15) is 18.0 Å². The third-order valence-electron chi connectivity index (χ3n) is 5.13. The van der Waals surface area contributed by atoms with Crippen LogP contribution in [0.1, 0.15) is 19.3 Å². The maximum Gasteiger partial charge on any atom is 0.418 e. The molecule has 3 aliphatic rings. The molecule has 2 unspecified atom stereocenters. The van der Waals surface area contributed by atoms with Crippen LogP contribution in [0.4, 0.5) is 4.79 Å². The van der Waals surface area contributed by atoms with Crippen molar-refractivity contribution >= 4 is 22.3 Å². The van der Waals surface area contributed by atoms with E-state index in [0.717, 1.165) is 17.9 Å². The summed E-state index contributed by atoms with van der Waals surface area (Å²) in [5, 5.41) is 3.78. The van der Waals surface area contributed by atoms with E-state index in [2.05, 4.69) is 9.60 Å². The maximum absolute atomic E-state index is 12.5. The lowest BCUT2D eigenvalue weighted by molar-refractivity contribution is -0.175. The Hall–Kier alpha value is -1.51. The number of urea groups is 1. The number of hydroxylamine groups is 2. The van der Waals surface area contributed by atoms with Crippen LogP contribution in [-0.2, 0) is 24.2 Å². The fourth-order valence-electron chi connectivity index (χ4n) is 3.76.